The summed E-state index contributed by atoms with van der Waals surface area (Å²) in [6.45, 7) is 4.09. The van der Waals surface area contributed by atoms with Crippen LogP contribution in [0.2, 0.25) is 0 Å². The Labute approximate surface area is 180 Å². The van der Waals surface area contributed by atoms with Gasteiger partial charge in [-0.25, -0.2) is 9.98 Å². The van der Waals surface area contributed by atoms with E-state index in [1.54, 1.807) is 12.3 Å². The number of aromatic nitrogens is 2. The van der Waals surface area contributed by atoms with Gasteiger partial charge in [-0.1, -0.05) is 42.5 Å². The molecule has 0 unspecified atom stereocenters. The molecule has 31 heavy (non-hydrogen) atoms. The van der Waals surface area contributed by atoms with Crippen LogP contribution in [0.3, 0.4) is 0 Å². The minimum atomic E-state index is -4.36. The Bertz CT molecular complexity index is 980. The second-order valence-corrected chi connectivity index (χ2v) is 7.03. The van der Waals surface area contributed by atoms with Gasteiger partial charge in [0.25, 0.3) is 0 Å². The van der Waals surface area contributed by atoms with Gasteiger partial charge in [-0.2, -0.15) is 13.2 Å². The van der Waals surface area contributed by atoms with Gasteiger partial charge in [0.1, 0.15) is 5.82 Å². The summed E-state index contributed by atoms with van der Waals surface area (Å²) >= 11 is 0. The van der Waals surface area contributed by atoms with Crippen LogP contribution in [0.15, 0.2) is 72.0 Å². The van der Waals surface area contributed by atoms with Gasteiger partial charge in [-0.3, -0.25) is 0 Å². The lowest BCUT2D eigenvalue weighted by Crippen LogP contribution is -2.38. The molecule has 164 valence electrons. The molecule has 0 bridgehead atoms. The number of nitrogens with one attached hydrogen (secondary N) is 2. The lowest BCUT2D eigenvalue weighted by atomic mass is 10.1. The predicted molar refractivity (Wildman–Crippen MR) is 116 cm³/mol. The first-order valence-electron chi connectivity index (χ1n) is 10.2. The highest BCUT2D eigenvalue weighted by Crippen LogP contribution is 2.29. The molecule has 2 aromatic carbocycles. The van der Waals surface area contributed by atoms with Crippen molar-refractivity contribution in [1.29, 1.82) is 0 Å². The molecule has 0 fully saturated rings. The maximum absolute atomic E-state index is 12.9. The third-order valence-corrected chi connectivity index (χ3v) is 4.66. The molecule has 3 rings (SSSR count). The number of halogens is 3. The lowest BCUT2D eigenvalue weighted by Gasteiger charge is -2.13. The number of hydrogen-bond acceptors (Lipinski definition) is 2. The third kappa shape index (κ3) is 6.87. The number of imidazole rings is 1. The molecule has 0 saturated carbocycles. The van der Waals surface area contributed by atoms with Crippen LogP contribution in [0.1, 0.15) is 29.4 Å². The molecule has 0 amide bonds. The first-order valence-corrected chi connectivity index (χ1v) is 10.2. The second kappa shape index (κ2) is 10.7. The van der Waals surface area contributed by atoms with Gasteiger partial charge >= 0.3 is 6.18 Å². The van der Waals surface area contributed by atoms with Gasteiger partial charge in [0, 0.05) is 38.4 Å². The molecule has 0 spiro atoms. The van der Waals surface area contributed by atoms with E-state index in [0.29, 0.717) is 31.0 Å². The highest BCUT2D eigenvalue weighted by Gasteiger charge is 2.30. The normalized spacial score (nSPS) is 12.1. The van der Waals surface area contributed by atoms with E-state index in [9.17, 15) is 13.2 Å². The van der Waals surface area contributed by atoms with Crippen molar-refractivity contribution in [3.05, 3.63) is 89.5 Å². The number of alkyl halides is 3. The van der Waals surface area contributed by atoms with E-state index in [-0.39, 0.29) is 6.54 Å². The van der Waals surface area contributed by atoms with Gasteiger partial charge in [0.05, 0.1) is 12.1 Å². The van der Waals surface area contributed by atoms with Crippen LogP contribution < -0.4 is 10.6 Å². The number of rotatable bonds is 8. The van der Waals surface area contributed by atoms with Crippen LogP contribution >= 0.6 is 0 Å². The number of guanidine groups is 1. The fraction of sp³-hybridized carbons (Fsp3) is 0.304. The number of hydrogen-bond donors (Lipinski definition) is 2. The van der Waals surface area contributed by atoms with E-state index in [2.05, 4.69) is 37.3 Å². The molecular formula is C23H26F3N5. The summed E-state index contributed by atoms with van der Waals surface area (Å²) in [6, 6.07) is 15.4. The van der Waals surface area contributed by atoms with E-state index in [1.807, 2.05) is 31.3 Å². The molecule has 1 heterocycles. The summed E-state index contributed by atoms with van der Waals surface area (Å²) in [5.41, 5.74) is 1.04. The Morgan fingerprint density at radius 1 is 1.03 bits per heavy atom. The van der Waals surface area contributed by atoms with Crippen molar-refractivity contribution in [3.8, 4) is 0 Å². The van der Waals surface area contributed by atoms with Crippen molar-refractivity contribution < 1.29 is 13.2 Å². The summed E-state index contributed by atoms with van der Waals surface area (Å²) in [6.07, 6.45) is 0.0679. The molecular weight excluding hydrogens is 403 g/mol. The van der Waals surface area contributed by atoms with Gasteiger partial charge in [0.2, 0.25) is 0 Å². The van der Waals surface area contributed by atoms with Crippen molar-refractivity contribution in [2.75, 3.05) is 13.1 Å². The quantitative estimate of drug-likeness (QED) is 0.416. The molecule has 0 saturated heterocycles. The number of aliphatic imine (C=N–C) groups is 1. The second-order valence-electron chi connectivity index (χ2n) is 7.03. The molecule has 0 aliphatic heterocycles. The molecule has 0 atom stereocenters. The summed E-state index contributed by atoms with van der Waals surface area (Å²) in [7, 11) is 0. The summed E-state index contributed by atoms with van der Waals surface area (Å²) in [5.74, 6) is 1.51. The topological polar surface area (TPSA) is 54.2 Å². The Morgan fingerprint density at radius 2 is 1.81 bits per heavy atom. The molecule has 3 aromatic rings. The van der Waals surface area contributed by atoms with Gasteiger partial charge in [-0.15, -0.1) is 0 Å². The number of benzene rings is 2. The third-order valence-electron chi connectivity index (χ3n) is 4.66. The first kappa shape index (κ1) is 22.4. The highest BCUT2D eigenvalue weighted by atomic mass is 19.4. The van der Waals surface area contributed by atoms with Crippen molar-refractivity contribution >= 4 is 5.96 Å². The molecule has 1 aromatic heterocycles. The van der Waals surface area contributed by atoms with E-state index >= 15 is 0 Å². The monoisotopic (exact) mass is 429 g/mol. The molecule has 0 aliphatic rings. The average Bonchev–Trinajstić information content (AvgIpc) is 3.19. The predicted octanol–water partition coefficient (Wildman–Crippen LogP) is 4.25. The van der Waals surface area contributed by atoms with Gasteiger partial charge in [-0.05, 0) is 30.2 Å². The smallest absolute Gasteiger partial charge is 0.357 e. The fourth-order valence-corrected chi connectivity index (χ4v) is 3.14. The van der Waals surface area contributed by atoms with Crippen molar-refractivity contribution in [3.63, 3.8) is 0 Å². The average molecular weight is 429 g/mol. The maximum Gasteiger partial charge on any atom is 0.416 e. The van der Waals surface area contributed by atoms with Crippen molar-refractivity contribution in [2.45, 2.75) is 32.6 Å². The van der Waals surface area contributed by atoms with E-state index in [1.165, 1.54) is 11.6 Å². The van der Waals surface area contributed by atoms with Crippen LogP contribution in [0, 0.1) is 0 Å². The molecule has 5 nitrogen and oxygen atoms in total. The molecule has 0 radical (unpaired) electrons. The van der Waals surface area contributed by atoms with E-state index in [0.717, 1.165) is 24.5 Å². The maximum atomic E-state index is 12.9. The summed E-state index contributed by atoms with van der Waals surface area (Å²) in [5, 5.41) is 6.35. The number of nitrogens with zero attached hydrogens (tertiary/aromatic N) is 3. The molecule has 0 aliphatic carbocycles. The van der Waals surface area contributed by atoms with Crippen LogP contribution in [0.4, 0.5) is 13.2 Å². The Balaban J connectivity index is 1.57. The van der Waals surface area contributed by atoms with E-state index < -0.39 is 11.7 Å². The largest absolute Gasteiger partial charge is 0.416 e. The van der Waals surface area contributed by atoms with Crippen LogP contribution in [0.5, 0.6) is 0 Å². The van der Waals surface area contributed by atoms with E-state index in [4.69, 9.17) is 0 Å². The minimum absolute atomic E-state index is 0.155. The van der Waals surface area contributed by atoms with Gasteiger partial charge < -0.3 is 15.2 Å². The van der Waals surface area contributed by atoms with Crippen molar-refractivity contribution in [1.82, 2.24) is 20.2 Å². The van der Waals surface area contributed by atoms with Crippen LogP contribution in [-0.4, -0.2) is 28.6 Å². The standard InChI is InChI=1S/C23H26F3N5/c1-2-27-22(30-16-19-9-6-10-20(15-19)23(24,25)26)29-12-11-21-28-13-14-31(21)17-18-7-4-3-5-8-18/h3-10,13-15H,2,11-12,16-17H2,1H3,(H2,27,29,30). The SMILES string of the molecule is CCNC(=NCc1cccc(C(F)(F)F)c1)NCCc1nccn1Cc1ccccc1. The Kier molecular flexibility index (Phi) is 7.70. The summed E-state index contributed by atoms with van der Waals surface area (Å²) in [4.78, 5) is 8.85. The summed E-state index contributed by atoms with van der Waals surface area (Å²) < 4.78 is 40.8. The molecule has 2 N–H and O–H groups in total. The molecule has 8 heteroatoms. The van der Waals surface area contributed by atoms with Crippen LogP contribution in [0.25, 0.3) is 0 Å². The highest BCUT2D eigenvalue weighted by molar-refractivity contribution is 5.79. The van der Waals surface area contributed by atoms with Crippen molar-refractivity contribution in [2.24, 2.45) is 4.99 Å². The Hall–Kier alpha value is -3.29. The zero-order valence-electron chi connectivity index (χ0n) is 17.4. The first-order chi connectivity index (χ1) is 15.0. The zero-order chi connectivity index (χ0) is 22.1. The lowest BCUT2D eigenvalue weighted by molar-refractivity contribution is -0.137. The van der Waals surface area contributed by atoms with Crippen LogP contribution in [-0.2, 0) is 25.7 Å². The minimum Gasteiger partial charge on any atom is -0.357 e. The Morgan fingerprint density at radius 3 is 2.55 bits per heavy atom. The van der Waals surface area contributed by atoms with Gasteiger partial charge in [0.15, 0.2) is 5.96 Å². The zero-order valence-corrected chi connectivity index (χ0v) is 17.4. The fourth-order valence-electron chi connectivity index (χ4n) is 3.14.